The predicted octanol–water partition coefficient (Wildman–Crippen LogP) is 4.83. The lowest BCUT2D eigenvalue weighted by molar-refractivity contribution is 0.749. The van der Waals surface area contributed by atoms with Crippen LogP contribution in [0.4, 0.5) is 11.8 Å². The second-order valence-electron chi connectivity index (χ2n) is 6.54. The van der Waals surface area contributed by atoms with Gasteiger partial charge in [0.15, 0.2) is 0 Å². The number of nitrogens with zero attached hydrogens (tertiary/aromatic N) is 4. The van der Waals surface area contributed by atoms with Gasteiger partial charge in [0.05, 0.1) is 15.8 Å². The second kappa shape index (κ2) is 6.77. The van der Waals surface area contributed by atoms with Crippen LogP contribution in [0.5, 0.6) is 0 Å². The fraction of sp³-hybridized carbons (Fsp3) is 0.389. The molecular weight excluding hydrogens is 354 g/mol. The molecule has 130 valence electrons. The second-order valence-corrected chi connectivity index (χ2v) is 7.93. The van der Waals surface area contributed by atoms with Crippen molar-refractivity contribution in [1.82, 2.24) is 15.0 Å². The zero-order valence-corrected chi connectivity index (χ0v) is 15.9. The van der Waals surface area contributed by atoms with Crippen molar-refractivity contribution in [1.29, 1.82) is 0 Å². The summed E-state index contributed by atoms with van der Waals surface area (Å²) in [5.74, 6) is 1.39. The number of benzene rings is 1. The van der Waals surface area contributed by atoms with Crippen molar-refractivity contribution in [3.8, 4) is 10.6 Å². The Kier molecular flexibility index (Phi) is 4.48. The molecule has 1 fully saturated rings. The number of aromatic nitrogens is 3. The van der Waals surface area contributed by atoms with Gasteiger partial charge in [-0.15, -0.1) is 11.3 Å². The molecule has 7 heteroatoms. The van der Waals surface area contributed by atoms with E-state index in [9.17, 15) is 0 Å². The first kappa shape index (κ1) is 16.5. The van der Waals surface area contributed by atoms with Gasteiger partial charge < -0.3 is 10.2 Å². The molecular formula is C18H20ClN5S. The molecule has 25 heavy (non-hydrogen) atoms. The molecule has 0 spiro atoms. The summed E-state index contributed by atoms with van der Waals surface area (Å²) in [7, 11) is 3.84. The van der Waals surface area contributed by atoms with E-state index in [1.807, 2.05) is 37.2 Å². The molecule has 0 atom stereocenters. The number of anilines is 2. The molecule has 0 bridgehead atoms. The van der Waals surface area contributed by atoms with Gasteiger partial charge >= 0.3 is 0 Å². The van der Waals surface area contributed by atoms with Crippen molar-refractivity contribution in [3.05, 3.63) is 29.4 Å². The van der Waals surface area contributed by atoms with E-state index in [2.05, 4.69) is 16.4 Å². The highest BCUT2D eigenvalue weighted by molar-refractivity contribution is 7.21. The monoisotopic (exact) mass is 373 g/mol. The quantitative estimate of drug-likeness (QED) is 0.664. The first-order valence-electron chi connectivity index (χ1n) is 8.49. The van der Waals surface area contributed by atoms with Crippen molar-refractivity contribution in [2.24, 2.45) is 0 Å². The zero-order chi connectivity index (χ0) is 17.4. The zero-order valence-electron chi connectivity index (χ0n) is 14.3. The fourth-order valence-corrected chi connectivity index (χ4v) is 4.48. The lowest BCUT2D eigenvalue weighted by atomic mass is 10.2. The third-order valence-corrected chi connectivity index (χ3v) is 5.78. The molecule has 4 rings (SSSR count). The molecule has 0 unspecified atom stereocenters. The maximum Gasteiger partial charge on any atom is 0.228 e. The Bertz CT molecular complexity index is 869. The minimum absolute atomic E-state index is 0.439. The number of hydrogen-bond acceptors (Lipinski definition) is 6. The van der Waals surface area contributed by atoms with Crippen LogP contribution < -0.4 is 10.2 Å². The van der Waals surface area contributed by atoms with E-state index in [1.54, 1.807) is 11.3 Å². The van der Waals surface area contributed by atoms with E-state index in [0.717, 1.165) is 39.4 Å². The van der Waals surface area contributed by atoms with Gasteiger partial charge in [-0.2, -0.15) is 4.98 Å². The van der Waals surface area contributed by atoms with Gasteiger partial charge in [-0.1, -0.05) is 36.6 Å². The Morgan fingerprint density at radius 3 is 2.60 bits per heavy atom. The Hall–Kier alpha value is -1.92. The molecule has 0 saturated heterocycles. The minimum atomic E-state index is 0.439. The topological polar surface area (TPSA) is 53.9 Å². The summed E-state index contributed by atoms with van der Waals surface area (Å²) >= 11 is 8.20. The van der Waals surface area contributed by atoms with Crippen LogP contribution in [0.3, 0.4) is 0 Å². The first-order chi connectivity index (χ1) is 12.1. The molecule has 1 aliphatic carbocycles. The summed E-state index contributed by atoms with van der Waals surface area (Å²) < 4.78 is 1.14. The van der Waals surface area contributed by atoms with Crippen LogP contribution >= 0.6 is 22.9 Å². The van der Waals surface area contributed by atoms with E-state index in [1.165, 1.54) is 12.8 Å². The van der Waals surface area contributed by atoms with Gasteiger partial charge in [0, 0.05) is 20.1 Å². The number of para-hydroxylation sites is 1. The average molecular weight is 374 g/mol. The van der Waals surface area contributed by atoms with Crippen LogP contribution in [-0.4, -0.2) is 35.1 Å². The largest absolute Gasteiger partial charge is 0.367 e. The van der Waals surface area contributed by atoms with Crippen molar-refractivity contribution in [2.75, 3.05) is 24.3 Å². The number of fused-ring (bicyclic) bond motifs is 1. The van der Waals surface area contributed by atoms with Gasteiger partial charge in [-0.25, -0.2) is 9.97 Å². The Morgan fingerprint density at radius 2 is 1.88 bits per heavy atom. The van der Waals surface area contributed by atoms with E-state index in [0.29, 0.717) is 17.1 Å². The number of hydrogen-bond donors (Lipinski definition) is 1. The fourth-order valence-electron chi connectivity index (χ4n) is 3.16. The molecule has 1 N–H and O–H groups in total. The number of nitrogens with one attached hydrogen (secondary N) is 1. The highest BCUT2D eigenvalue weighted by atomic mass is 35.5. The highest BCUT2D eigenvalue weighted by Gasteiger charge is 2.23. The third-order valence-electron chi connectivity index (χ3n) is 4.46. The smallest absolute Gasteiger partial charge is 0.228 e. The number of halogens is 1. The Labute approximate surface area is 156 Å². The summed E-state index contributed by atoms with van der Waals surface area (Å²) in [5.41, 5.74) is 1.78. The highest BCUT2D eigenvalue weighted by Crippen LogP contribution is 2.39. The summed E-state index contributed by atoms with van der Waals surface area (Å²) in [5, 5.41) is 4.89. The van der Waals surface area contributed by atoms with Crippen LogP contribution in [-0.2, 0) is 0 Å². The first-order valence-corrected chi connectivity index (χ1v) is 9.68. The van der Waals surface area contributed by atoms with E-state index >= 15 is 0 Å². The molecule has 3 aromatic rings. The SMILES string of the molecule is CN(C)c1nc(Cl)c(-c2nc3ccccc3s2)c(NC2CCCC2)n1. The average Bonchev–Trinajstić information content (AvgIpc) is 3.23. The van der Waals surface area contributed by atoms with Crippen molar-refractivity contribution < 1.29 is 0 Å². The summed E-state index contributed by atoms with van der Waals surface area (Å²) in [6.45, 7) is 0. The maximum atomic E-state index is 6.58. The van der Waals surface area contributed by atoms with Crippen molar-refractivity contribution in [2.45, 2.75) is 31.7 Å². The summed E-state index contributed by atoms with van der Waals surface area (Å²) in [4.78, 5) is 15.8. The predicted molar refractivity (Wildman–Crippen MR) is 106 cm³/mol. The van der Waals surface area contributed by atoms with Gasteiger partial charge in [-0.3, -0.25) is 0 Å². The Morgan fingerprint density at radius 1 is 1.12 bits per heavy atom. The van der Waals surface area contributed by atoms with Crippen LogP contribution in [0.2, 0.25) is 5.15 Å². The molecule has 0 radical (unpaired) electrons. The number of thiazole rings is 1. The molecule has 5 nitrogen and oxygen atoms in total. The minimum Gasteiger partial charge on any atom is -0.367 e. The van der Waals surface area contributed by atoms with Gasteiger partial charge in [0.1, 0.15) is 16.0 Å². The van der Waals surface area contributed by atoms with Crippen LogP contribution in [0, 0.1) is 0 Å². The van der Waals surface area contributed by atoms with Crippen LogP contribution in [0.15, 0.2) is 24.3 Å². The van der Waals surface area contributed by atoms with E-state index in [-0.39, 0.29) is 0 Å². The third kappa shape index (κ3) is 3.28. The molecule has 1 saturated carbocycles. The lowest BCUT2D eigenvalue weighted by Crippen LogP contribution is -2.19. The van der Waals surface area contributed by atoms with E-state index in [4.69, 9.17) is 21.6 Å². The van der Waals surface area contributed by atoms with Crippen LogP contribution in [0.1, 0.15) is 25.7 Å². The molecule has 2 aromatic heterocycles. The number of rotatable bonds is 4. The molecule has 2 heterocycles. The van der Waals surface area contributed by atoms with Gasteiger partial charge in [-0.05, 0) is 25.0 Å². The van der Waals surface area contributed by atoms with Crippen LogP contribution in [0.25, 0.3) is 20.8 Å². The van der Waals surface area contributed by atoms with Gasteiger partial charge in [0.25, 0.3) is 0 Å². The van der Waals surface area contributed by atoms with Gasteiger partial charge in [0.2, 0.25) is 5.95 Å². The lowest BCUT2D eigenvalue weighted by Gasteiger charge is -2.19. The summed E-state index contributed by atoms with van der Waals surface area (Å²) in [6, 6.07) is 8.55. The van der Waals surface area contributed by atoms with Crippen molar-refractivity contribution >= 4 is 44.9 Å². The molecule has 1 aliphatic rings. The Balaban J connectivity index is 1.83. The maximum absolute atomic E-state index is 6.58. The molecule has 0 aliphatic heterocycles. The van der Waals surface area contributed by atoms with Crippen molar-refractivity contribution in [3.63, 3.8) is 0 Å². The normalized spacial score (nSPS) is 15.0. The summed E-state index contributed by atoms with van der Waals surface area (Å²) in [6.07, 6.45) is 4.84. The standard InChI is InChI=1S/C18H20ClN5S/c1-24(2)18-22-15(19)14(16(23-18)20-11-7-3-4-8-11)17-21-12-9-5-6-10-13(12)25-17/h5-6,9-11H,3-4,7-8H2,1-2H3,(H,20,22,23). The van der Waals surface area contributed by atoms with E-state index < -0.39 is 0 Å². The molecule has 1 aromatic carbocycles. The molecule has 0 amide bonds.